The predicted molar refractivity (Wildman–Crippen MR) is 203 cm³/mol. The number of azo groups is 1. The van der Waals surface area contributed by atoms with Crippen LogP contribution in [0.15, 0.2) is 101 Å². The molecule has 0 radical (unpaired) electrons. The summed E-state index contributed by atoms with van der Waals surface area (Å²) in [5.74, 6) is 0.964. The molecule has 8 nitrogen and oxygen atoms in total. The molecule has 4 N–H and O–H groups in total. The van der Waals surface area contributed by atoms with Gasteiger partial charge in [0.15, 0.2) is 15.2 Å². The number of hydrogen-bond acceptors (Lipinski definition) is 10. The number of thiazole rings is 1. The third kappa shape index (κ3) is 11.3. The van der Waals surface area contributed by atoms with Gasteiger partial charge in [0.25, 0.3) is 0 Å². The van der Waals surface area contributed by atoms with Crippen LogP contribution in [0.2, 0.25) is 0 Å². The van der Waals surface area contributed by atoms with Gasteiger partial charge in [-0.15, -0.1) is 21.6 Å². The predicted octanol–water partition coefficient (Wildman–Crippen LogP) is 10.8. The summed E-state index contributed by atoms with van der Waals surface area (Å²) in [4.78, 5) is 20.5. The molecule has 0 amide bonds. The summed E-state index contributed by atoms with van der Waals surface area (Å²) in [5.41, 5.74) is 16.4. The van der Waals surface area contributed by atoms with Gasteiger partial charge >= 0.3 is 5.97 Å². The van der Waals surface area contributed by atoms with Crippen LogP contribution in [-0.4, -0.2) is 24.0 Å². The van der Waals surface area contributed by atoms with Gasteiger partial charge in [0, 0.05) is 34.9 Å². The number of aryl methyl sites for hydroxylation is 1. The van der Waals surface area contributed by atoms with Gasteiger partial charge in [-0.3, -0.25) is 0 Å². The Morgan fingerprint density at radius 3 is 2.12 bits per heavy atom. The molecule has 0 unspecified atom stereocenters. The summed E-state index contributed by atoms with van der Waals surface area (Å²) in [5, 5.41) is 10.3. The lowest BCUT2D eigenvalue weighted by molar-refractivity contribution is 0.0740. The molecule has 48 heavy (non-hydrogen) atoms. The highest BCUT2D eigenvalue weighted by molar-refractivity contribution is 7.19. The molecular formula is C38H46N6O2S2. The summed E-state index contributed by atoms with van der Waals surface area (Å²) in [6, 6.07) is 28.6. The van der Waals surface area contributed by atoms with E-state index in [1.165, 1.54) is 33.2 Å². The second-order valence-corrected chi connectivity index (χ2v) is 14.5. The fraction of sp³-hybridized carbons (Fsp3) is 0.316. The summed E-state index contributed by atoms with van der Waals surface area (Å²) in [6.07, 6.45) is 3.28. The van der Waals surface area contributed by atoms with Crippen LogP contribution in [0.4, 0.5) is 27.2 Å². The van der Waals surface area contributed by atoms with Crippen molar-refractivity contribution in [3.05, 3.63) is 101 Å². The van der Waals surface area contributed by atoms with E-state index in [9.17, 15) is 4.79 Å². The first-order valence-electron chi connectivity index (χ1n) is 16.4. The minimum atomic E-state index is -0.390. The number of nitrogens with two attached hydrogens (primary N) is 2. The standard InChI is InChI=1S/C24H22N4O2S2.C14H24N2/c1-2-3-9-19-14-15-20(31-19)30-23(29)17-10-12-18(13-11-17)27-28-22-21(26-24(25)32-22)16-7-5-4-6-8-16;1-11(2)9-16(10-12(3)4)14-7-5-13(15)6-8-14/h4-8,10-15H,2-3,9H2,1H3,(H2,25,26);5-8,11-12H,9-10,15H2,1-4H3. The fourth-order valence-electron chi connectivity index (χ4n) is 4.85. The zero-order valence-corrected chi connectivity index (χ0v) is 30.1. The zero-order valence-electron chi connectivity index (χ0n) is 28.4. The van der Waals surface area contributed by atoms with Crippen LogP contribution in [0, 0.1) is 11.8 Å². The summed E-state index contributed by atoms with van der Waals surface area (Å²) < 4.78 is 5.50. The lowest BCUT2D eigenvalue weighted by Crippen LogP contribution is -2.31. The SMILES string of the molecule is CC(C)CN(CC(C)C)c1ccc(N)cc1.CCCCc1ccc(OC(=O)c2ccc(N=Nc3sc(N)nc3-c3ccccc3)cc2)s1. The number of esters is 1. The number of nitrogen functional groups attached to an aromatic ring is 2. The second-order valence-electron chi connectivity index (χ2n) is 12.3. The van der Waals surface area contributed by atoms with Crippen LogP contribution in [0.1, 0.15) is 62.7 Å². The molecule has 0 atom stereocenters. The van der Waals surface area contributed by atoms with E-state index in [1.807, 2.05) is 54.6 Å². The zero-order chi connectivity index (χ0) is 34.5. The Hall–Kier alpha value is -4.54. The quantitative estimate of drug-likeness (QED) is 0.0724. The van der Waals surface area contributed by atoms with Gasteiger partial charge in [0.05, 0.1) is 11.3 Å². The van der Waals surface area contributed by atoms with Crippen LogP contribution < -0.4 is 21.1 Å². The molecule has 2 aromatic heterocycles. The summed E-state index contributed by atoms with van der Waals surface area (Å²) in [7, 11) is 0. The first kappa shape index (κ1) is 36.3. The van der Waals surface area contributed by atoms with Crippen molar-refractivity contribution in [2.45, 2.75) is 53.9 Å². The molecule has 5 rings (SSSR count). The van der Waals surface area contributed by atoms with E-state index in [2.05, 4.69) is 66.9 Å². The number of hydrogen-bond donors (Lipinski definition) is 2. The van der Waals surface area contributed by atoms with Gasteiger partial charge in [-0.2, -0.15) is 0 Å². The van der Waals surface area contributed by atoms with Crippen molar-refractivity contribution < 1.29 is 9.53 Å². The maximum atomic E-state index is 12.4. The highest BCUT2D eigenvalue weighted by atomic mass is 32.1. The number of thiophene rings is 1. The van der Waals surface area contributed by atoms with Gasteiger partial charge < -0.3 is 21.1 Å². The maximum Gasteiger partial charge on any atom is 0.344 e. The molecule has 0 saturated carbocycles. The minimum absolute atomic E-state index is 0.390. The highest BCUT2D eigenvalue weighted by Crippen LogP contribution is 2.37. The average molecular weight is 683 g/mol. The number of unbranched alkanes of at least 4 members (excludes halogenated alkanes) is 1. The highest BCUT2D eigenvalue weighted by Gasteiger charge is 2.13. The van der Waals surface area contributed by atoms with Crippen LogP contribution in [0.25, 0.3) is 11.3 Å². The molecule has 0 aliphatic heterocycles. The van der Waals surface area contributed by atoms with Gasteiger partial charge in [0.1, 0.15) is 5.69 Å². The number of nitrogens with zero attached hydrogens (tertiary/aromatic N) is 4. The number of aromatic nitrogens is 1. The molecule has 0 aliphatic rings. The molecule has 2 heterocycles. The fourth-order valence-corrected chi connectivity index (χ4v) is 6.42. The Kier molecular flexibility index (Phi) is 13.7. The lowest BCUT2D eigenvalue weighted by Gasteiger charge is -2.28. The van der Waals surface area contributed by atoms with E-state index in [0.29, 0.717) is 44.0 Å². The van der Waals surface area contributed by atoms with Crippen LogP contribution in [0.5, 0.6) is 5.06 Å². The molecule has 0 fully saturated rings. The molecule has 5 aromatic rings. The Morgan fingerprint density at radius 1 is 0.833 bits per heavy atom. The molecule has 0 saturated heterocycles. The largest absolute Gasteiger partial charge is 0.412 e. The van der Waals surface area contributed by atoms with Crippen LogP contribution >= 0.6 is 22.7 Å². The van der Waals surface area contributed by atoms with E-state index < -0.39 is 0 Å². The number of carbonyl (C=O) groups is 1. The number of carbonyl (C=O) groups excluding carboxylic acids is 1. The van der Waals surface area contributed by atoms with Crippen molar-refractivity contribution in [1.82, 2.24) is 4.98 Å². The third-order valence-corrected chi connectivity index (χ3v) is 8.86. The summed E-state index contributed by atoms with van der Waals surface area (Å²) in [6.45, 7) is 13.4. The topological polar surface area (TPSA) is 119 Å². The van der Waals surface area contributed by atoms with Crippen molar-refractivity contribution in [2.75, 3.05) is 29.5 Å². The molecular weight excluding hydrogens is 637 g/mol. The van der Waals surface area contributed by atoms with Crippen molar-refractivity contribution in [1.29, 1.82) is 0 Å². The van der Waals surface area contributed by atoms with Crippen molar-refractivity contribution >= 4 is 55.8 Å². The van der Waals surface area contributed by atoms with E-state index in [-0.39, 0.29) is 5.97 Å². The normalized spacial score (nSPS) is 11.1. The third-order valence-electron chi connectivity index (χ3n) is 7.07. The Labute approximate surface area is 292 Å². The van der Waals surface area contributed by atoms with E-state index in [1.54, 1.807) is 24.3 Å². The molecule has 0 aliphatic carbocycles. The van der Waals surface area contributed by atoms with Crippen molar-refractivity contribution in [3.8, 4) is 16.3 Å². The van der Waals surface area contributed by atoms with Crippen LogP contribution in [0.3, 0.4) is 0 Å². The van der Waals surface area contributed by atoms with Crippen molar-refractivity contribution in [3.63, 3.8) is 0 Å². The molecule has 252 valence electrons. The summed E-state index contributed by atoms with van der Waals surface area (Å²) >= 11 is 2.79. The molecule has 0 spiro atoms. The van der Waals surface area contributed by atoms with Gasteiger partial charge in [-0.05, 0) is 85.3 Å². The average Bonchev–Trinajstić information content (AvgIpc) is 3.68. The van der Waals surface area contributed by atoms with Crippen molar-refractivity contribution in [2.24, 2.45) is 22.1 Å². The molecule has 3 aromatic carbocycles. The number of ether oxygens (including phenoxy) is 1. The lowest BCUT2D eigenvalue weighted by atomic mass is 10.1. The monoisotopic (exact) mass is 682 g/mol. The Balaban J connectivity index is 0.000000274. The number of benzene rings is 3. The number of rotatable bonds is 13. The van der Waals surface area contributed by atoms with Crippen LogP contribution in [-0.2, 0) is 6.42 Å². The first-order valence-corrected chi connectivity index (χ1v) is 18.0. The van der Waals surface area contributed by atoms with Gasteiger partial charge in [-0.1, -0.05) is 82.7 Å². The Bertz CT molecular complexity index is 1720. The molecule has 10 heteroatoms. The van der Waals surface area contributed by atoms with Gasteiger partial charge in [-0.25, -0.2) is 9.78 Å². The van der Waals surface area contributed by atoms with E-state index in [4.69, 9.17) is 16.2 Å². The number of anilines is 3. The Morgan fingerprint density at radius 2 is 1.50 bits per heavy atom. The second kappa shape index (κ2) is 18.1. The molecule has 0 bridgehead atoms. The van der Waals surface area contributed by atoms with Gasteiger partial charge in [0.2, 0.25) is 0 Å². The minimum Gasteiger partial charge on any atom is -0.412 e. The van der Waals surface area contributed by atoms with E-state index >= 15 is 0 Å². The smallest absolute Gasteiger partial charge is 0.344 e. The van der Waals surface area contributed by atoms with E-state index in [0.717, 1.165) is 43.6 Å². The maximum absolute atomic E-state index is 12.4. The first-order chi connectivity index (χ1) is 23.1.